The summed E-state index contributed by atoms with van der Waals surface area (Å²) < 4.78 is 10.2. The molecule has 3 rings (SSSR count). The third-order valence-electron chi connectivity index (χ3n) is 3.11. The molecule has 0 spiro atoms. The first-order valence-electron chi connectivity index (χ1n) is 7.06. The van der Waals surface area contributed by atoms with Crippen LogP contribution in [0.4, 0.5) is 5.82 Å². The lowest BCUT2D eigenvalue weighted by Gasteiger charge is -2.06. The van der Waals surface area contributed by atoms with Crippen molar-refractivity contribution in [3.05, 3.63) is 53.0 Å². The minimum atomic E-state index is 0.916. The van der Waals surface area contributed by atoms with Gasteiger partial charge in [0, 0.05) is 27.8 Å². The van der Waals surface area contributed by atoms with Gasteiger partial charge in [-0.05, 0) is 60.2 Å². The number of nitrogens with zero attached hydrogens (tertiary/aromatic N) is 1. The summed E-state index contributed by atoms with van der Waals surface area (Å²) in [5.41, 5.74) is 0. The highest BCUT2D eigenvalue weighted by molar-refractivity contribution is 9.10. The first-order chi connectivity index (χ1) is 10.8. The number of hydrogen-bond donors (Lipinski definition) is 2. The van der Waals surface area contributed by atoms with Crippen LogP contribution in [0.2, 0.25) is 0 Å². The second-order valence-electron chi connectivity index (χ2n) is 4.76. The molecule has 0 saturated carbocycles. The van der Waals surface area contributed by atoms with Crippen LogP contribution in [0.1, 0.15) is 6.42 Å². The lowest BCUT2D eigenvalue weighted by atomic mass is 10.2. The Kier molecular flexibility index (Phi) is 5.72. The summed E-state index contributed by atoms with van der Waals surface area (Å²) >= 11 is 6.69. The summed E-state index contributed by atoms with van der Waals surface area (Å²) in [6, 6.07) is 16.6. The van der Waals surface area contributed by atoms with Crippen molar-refractivity contribution in [3.63, 3.8) is 0 Å². The van der Waals surface area contributed by atoms with Gasteiger partial charge in [0.2, 0.25) is 0 Å². The van der Waals surface area contributed by atoms with Crippen molar-refractivity contribution in [2.45, 2.75) is 11.3 Å². The van der Waals surface area contributed by atoms with Crippen molar-refractivity contribution in [2.75, 3.05) is 18.4 Å². The van der Waals surface area contributed by atoms with E-state index in [-0.39, 0.29) is 0 Å². The number of fused-ring (bicyclic) bond motifs is 1. The van der Waals surface area contributed by atoms with Crippen LogP contribution in [0.5, 0.6) is 0 Å². The van der Waals surface area contributed by atoms with Gasteiger partial charge in [-0.1, -0.05) is 34.1 Å². The molecule has 0 unspecified atom stereocenters. The Balaban J connectivity index is 1.39. The number of anilines is 1. The first-order valence-corrected chi connectivity index (χ1v) is 9.45. The lowest BCUT2D eigenvalue weighted by Crippen LogP contribution is -2.11. The summed E-state index contributed by atoms with van der Waals surface area (Å²) in [4.78, 5) is 1.22. The van der Waals surface area contributed by atoms with Gasteiger partial charge in [-0.2, -0.15) is 4.37 Å². The summed E-state index contributed by atoms with van der Waals surface area (Å²) in [6.07, 6.45) is 1.05. The molecule has 6 heteroatoms. The molecule has 2 N–H and O–H groups in total. The molecule has 0 aliphatic heterocycles. The van der Waals surface area contributed by atoms with E-state index in [1.807, 2.05) is 18.2 Å². The number of hydrogen-bond acceptors (Lipinski definition) is 5. The van der Waals surface area contributed by atoms with Gasteiger partial charge in [0.25, 0.3) is 0 Å². The standard InChI is InChI=1S/C16H16BrN3S2/c17-12-5-3-6-13(11-12)21-19-10-4-9-18-16-14-7-1-2-8-15(14)22-20-16/h1-3,5-8,11,19H,4,9-10H2,(H,18,20). The Morgan fingerprint density at radius 3 is 2.91 bits per heavy atom. The van der Waals surface area contributed by atoms with Crippen LogP contribution in [0, 0.1) is 0 Å². The SMILES string of the molecule is Brc1cccc(SNCCCNc2nsc3ccccc23)c1. The number of halogens is 1. The van der Waals surface area contributed by atoms with Crippen molar-refractivity contribution in [1.29, 1.82) is 0 Å². The summed E-state index contributed by atoms with van der Waals surface area (Å²) in [5, 5.41) is 4.63. The zero-order valence-corrected chi connectivity index (χ0v) is 15.1. The molecule has 1 heterocycles. The highest BCUT2D eigenvalue weighted by atomic mass is 79.9. The van der Waals surface area contributed by atoms with Gasteiger partial charge in [-0.15, -0.1) is 0 Å². The van der Waals surface area contributed by atoms with E-state index in [2.05, 4.69) is 60.7 Å². The van der Waals surface area contributed by atoms with Crippen molar-refractivity contribution >= 4 is 55.3 Å². The van der Waals surface area contributed by atoms with Crippen molar-refractivity contribution < 1.29 is 0 Å². The van der Waals surface area contributed by atoms with Crippen LogP contribution >= 0.6 is 39.4 Å². The number of benzene rings is 2. The van der Waals surface area contributed by atoms with Crippen molar-refractivity contribution in [1.82, 2.24) is 9.10 Å². The van der Waals surface area contributed by atoms with Gasteiger partial charge < -0.3 is 5.32 Å². The van der Waals surface area contributed by atoms with E-state index in [1.165, 1.54) is 15.0 Å². The highest BCUT2D eigenvalue weighted by Gasteiger charge is 2.03. The molecule has 3 aromatic rings. The largest absolute Gasteiger partial charge is 0.369 e. The Morgan fingerprint density at radius 2 is 2.00 bits per heavy atom. The maximum absolute atomic E-state index is 4.47. The van der Waals surface area contributed by atoms with Gasteiger partial charge >= 0.3 is 0 Å². The third kappa shape index (κ3) is 4.23. The normalized spacial score (nSPS) is 11.0. The number of nitrogens with one attached hydrogen (secondary N) is 2. The van der Waals surface area contributed by atoms with Gasteiger partial charge in [-0.25, -0.2) is 0 Å². The molecule has 0 bridgehead atoms. The molecule has 0 aliphatic carbocycles. The van der Waals surface area contributed by atoms with E-state index in [0.29, 0.717) is 0 Å². The van der Waals surface area contributed by atoms with Crippen LogP contribution in [-0.4, -0.2) is 17.5 Å². The number of rotatable bonds is 7. The molecule has 3 nitrogen and oxygen atoms in total. The second-order valence-corrected chi connectivity index (χ2v) is 7.45. The monoisotopic (exact) mass is 393 g/mol. The van der Waals surface area contributed by atoms with Gasteiger partial charge in [0.05, 0.1) is 4.70 Å². The van der Waals surface area contributed by atoms with E-state index in [1.54, 1.807) is 23.5 Å². The van der Waals surface area contributed by atoms with Gasteiger partial charge in [0.15, 0.2) is 0 Å². The predicted molar refractivity (Wildman–Crippen MR) is 101 cm³/mol. The van der Waals surface area contributed by atoms with E-state index in [9.17, 15) is 0 Å². The molecular formula is C16H16BrN3S2. The molecular weight excluding hydrogens is 378 g/mol. The number of aromatic nitrogens is 1. The molecule has 0 fully saturated rings. The van der Waals surface area contributed by atoms with Crippen molar-refractivity contribution in [2.24, 2.45) is 0 Å². The van der Waals surface area contributed by atoms with E-state index < -0.39 is 0 Å². The predicted octanol–water partition coefficient (Wildman–Crippen LogP) is 5.16. The molecule has 0 atom stereocenters. The Morgan fingerprint density at radius 1 is 1.09 bits per heavy atom. The topological polar surface area (TPSA) is 37.0 Å². The molecule has 0 saturated heterocycles. The molecule has 22 heavy (non-hydrogen) atoms. The minimum absolute atomic E-state index is 0.916. The van der Waals surface area contributed by atoms with Gasteiger partial charge in [-0.3, -0.25) is 4.72 Å². The lowest BCUT2D eigenvalue weighted by molar-refractivity contribution is 0.832. The third-order valence-corrected chi connectivity index (χ3v) is 5.27. The van der Waals surface area contributed by atoms with Crippen LogP contribution in [-0.2, 0) is 0 Å². The van der Waals surface area contributed by atoms with Crippen LogP contribution in [0.25, 0.3) is 10.1 Å². The quantitative estimate of drug-likeness (QED) is 0.429. The fraction of sp³-hybridized carbons (Fsp3) is 0.188. The maximum Gasteiger partial charge on any atom is 0.147 e. The van der Waals surface area contributed by atoms with Crippen molar-refractivity contribution in [3.8, 4) is 0 Å². The minimum Gasteiger partial charge on any atom is -0.369 e. The zero-order chi connectivity index (χ0) is 15.2. The average Bonchev–Trinajstić information content (AvgIpc) is 2.94. The fourth-order valence-corrected chi connectivity index (χ4v) is 4.10. The first kappa shape index (κ1) is 15.8. The fourth-order valence-electron chi connectivity index (χ4n) is 2.05. The van der Waals surface area contributed by atoms with Crippen LogP contribution in [0.15, 0.2) is 57.9 Å². The average molecular weight is 394 g/mol. The zero-order valence-electron chi connectivity index (χ0n) is 11.9. The Labute approximate surface area is 146 Å². The second kappa shape index (κ2) is 7.97. The molecule has 2 aromatic carbocycles. The molecule has 1 aromatic heterocycles. The molecule has 114 valence electrons. The summed E-state index contributed by atoms with van der Waals surface area (Å²) in [7, 11) is 0. The Bertz CT molecular complexity index is 745. The Hall–Kier alpha value is -1.08. The highest BCUT2D eigenvalue weighted by Crippen LogP contribution is 2.26. The van der Waals surface area contributed by atoms with Gasteiger partial charge in [0.1, 0.15) is 5.82 Å². The maximum atomic E-state index is 4.47. The van der Waals surface area contributed by atoms with E-state index in [0.717, 1.165) is 29.8 Å². The molecule has 0 aliphatic rings. The molecule has 0 radical (unpaired) electrons. The van der Waals surface area contributed by atoms with E-state index >= 15 is 0 Å². The molecule has 0 amide bonds. The van der Waals surface area contributed by atoms with Crippen LogP contribution < -0.4 is 10.0 Å². The smallest absolute Gasteiger partial charge is 0.147 e. The summed E-state index contributed by atoms with van der Waals surface area (Å²) in [5.74, 6) is 1.00. The van der Waals surface area contributed by atoms with Crippen LogP contribution in [0.3, 0.4) is 0 Å². The van der Waals surface area contributed by atoms with E-state index in [4.69, 9.17) is 0 Å². The summed E-state index contributed by atoms with van der Waals surface area (Å²) in [6.45, 7) is 1.87.